The molecule has 2 aromatic heterocycles. The van der Waals surface area contributed by atoms with Crippen molar-refractivity contribution in [2.75, 3.05) is 0 Å². The van der Waals surface area contributed by atoms with E-state index in [2.05, 4.69) is 16.1 Å². The molecule has 0 spiro atoms. The van der Waals surface area contributed by atoms with Crippen molar-refractivity contribution in [2.45, 2.75) is 20.4 Å². The summed E-state index contributed by atoms with van der Waals surface area (Å²) in [5, 5.41) is 2.50. The Morgan fingerprint density at radius 2 is 2.13 bits per heavy atom. The van der Waals surface area contributed by atoms with Crippen LogP contribution in [-0.4, -0.2) is 8.16 Å². The molecule has 0 saturated carbocycles. The number of nitrogens with zero attached hydrogens (tertiary/aromatic N) is 2. The van der Waals surface area contributed by atoms with E-state index in [0.29, 0.717) is 16.8 Å². The fourth-order valence-corrected chi connectivity index (χ4v) is 3.09. The topological polar surface area (TPSA) is 44.0 Å². The Morgan fingerprint density at radius 3 is 2.73 bits per heavy atom. The van der Waals surface area contributed by atoms with Gasteiger partial charge in [0.05, 0.1) is 21.5 Å². The van der Waals surface area contributed by atoms with Gasteiger partial charge in [-0.25, -0.2) is 8.39 Å². The summed E-state index contributed by atoms with van der Waals surface area (Å²) < 4.78 is 2.57. The Morgan fingerprint density at radius 1 is 1.47 bits per heavy atom. The minimum absolute atomic E-state index is 0.202. The predicted molar refractivity (Wildman–Crippen MR) is 65.1 cm³/mol. The van der Waals surface area contributed by atoms with Crippen molar-refractivity contribution in [3.8, 4) is 0 Å². The number of aromatic nitrogens is 2. The van der Waals surface area contributed by atoms with Gasteiger partial charge in [0, 0.05) is 6.54 Å². The van der Waals surface area contributed by atoms with Crippen LogP contribution in [0.25, 0.3) is 10.2 Å². The summed E-state index contributed by atoms with van der Waals surface area (Å²) in [5.74, 6) is 0. The van der Waals surface area contributed by atoms with Crippen LogP contribution < -0.4 is 11.2 Å². The predicted octanol–water partition coefficient (Wildman–Crippen LogP) is 1.71. The first-order chi connectivity index (χ1) is 7.07. The summed E-state index contributed by atoms with van der Waals surface area (Å²) in [4.78, 5) is 24.4. The number of rotatable bonds is 1. The molecule has 4 nitrogen and oxygen atoms in total. The molecule has 0 N–H and O–H groups in total. The van der Waals surface area contributed by atoms with Gasteiger partial charge in [-0.1, -0.05) is 0 Å². The van der Waals surface area contributed by atoms with Gasteiger partial charge in [-0.3, -0.25) is 9.36 Å². The molecule has 2 heterocycles. The SMILES string of the molecule is CCn1c(=O)c2c(C)csc2n(Br)c1=O. The maximum atomic E-state index is 11.9. The number of hydrogen-bond acceptors (Lipinski definition) is 3. The van der Waals surface area contributed by atoms with E-state index in [1.165, 1.54) is 19.5 Å². The molecule has 0 aliphatic heterocycles. The quantitative estimate of drug-likeness (QED) is 0.802. The minimum Gasteiger partial charge on any atom is -0.268 e. The van der Waals surface area contributed by atoms with E-state index >= 15 is 0 Å². The molecular weight excluding hydrogens is 280 g/mol. The minimum atomic E-state index is -0.322. The summed E-state index contributed by atoms with van der Waals surface area (Å²) in [7, 11) is 0. The second kappa shape index (κ2) is 3.61. The van der Waals surface area contributed by atoms with Crippen LogP contribution in [0, 0.1) is 6.92 Å². The van der Waals surface area contributed by atoms with Crippen molar-refractivity contribution in [1.82, 2.24) is 8.16 Å². The van der Waals surface area contributed by atoms with E-state index in [-0.39, 0.29) is 11.2 Å². The molecule has 2 rings (SSSR count). The summed E-state index contributed by atoms with van der Waals surface area (Å²) in [5.41, 5.74) is 0.388. The average molecular weight is 289 g/mol. The van der Waals surface area contributed by atoms with Crippen LogP contribution in [0.3, 0.4) is 0 Å². The maximum Gasteiger partial charge on any atom is 0.342 e. The number of fused-ring (bicyclic) bond motifs is 1. The summed E-state index contributed by atoms with van der Waals surface area (Å²) >= 11 is 4.57. The van der Waals surface area contributed by atoms with Gasteiger partial charge >= 0.3 is 5.69 Å². The number of thiophene rings is 1. The maximum absolute atomic E-state index is 11.9. The lowest BCUT2D eigenvalue weighted by molar-refractivity contribution is 0.679. The van der Waals surface area contributed by atoms with Gasteiger partial charge < -0.3 is 0 Å². The largest absolute Gasteiger partial charge is 0.342 e. The molecule has 0 bridgehead atoms. The van der Waals surface area contributed by atoms with Crippen LogP contribution in [0.1, 0.15) is 12.5 Å². The Kier molecular flexibility index (Phi) is 2.56. The summed E-state index contributed by atoms with van der Waals surface area (Å²) in [6.07, 6.45) is 0. The summed E-state index contributed by atoms with van der Waals surface area (Å²) in [6.45, 7) is 4.04. The molecule has 0 amide bonds. The summed E-state index contributed by atoms with van der Waals surface area (Å²) in [6, 6.07) is 0. The molecule has 6 heteroatoms. The Hall–Kier alpha value is -0.880. The van der Waals surface area contributed by atoms with Crippen LogP contribution in [0.4, 0.5) is 0 Å². The highest BCUT2D eigenvalue weighted by atomic mass is 79.9. The van der Waals surface area contributed by atoms with Crippen LogP contribution in [0.2, 0.25) is 0 Å². The molecule has 80 valence electrons. The Labute approximate surface area is 98.1 Å². The third-order valence-electron chi connectivity index (χ3n) is 2.31. The van der Waals surface area contributed by atoms with E-state index in [4.69, 9.17) is 0 Å². The highest BCUT2D eigenvalue weighted by molar-refractivity contribution is 9.08. The van der Waals surface area contributed by atoms with Crippen molar-refractivity contribution < 1.29 is 0 Å². The van der Waals surface area contributed by atoms with Crippen LogP contribution in [-0.2, 0) is 6.54 Å². The smallest absolute Gasteiger partial charge is 0.268 e. The van der Waals surface area contributed by atoms with Gasteiger partial charge in [-0.05, 0) is 24.8 Å². The first-order valence-corrected chi connectivity index (χ1v) is 6.06. The third kappa shape index (κ3) is 1.39. The van der Waals surface area contributed by atoms with Crippen molar-refractivity contribution >= 4 is 37.7 Å². The Balaban J connectivity index is 3.13. The van der Waals surface area contributed by atoms with Gasteiger partial charge in [-0.2, -0.15) is 0 Å². The number of halogens is 1. The average Bonchev–Trinajstić information content (AvgIpc) is 2.58. The zero-order chi connectivity index (χ0) is 11.2. The van der Waals surface area contributed by atoms with Crippen molar-refractivity contribution in [3.63, 3.8) is 0 Å². The highest BCUT2D eigenvalue weighted by Crippen LogP contribution is 2.21. The first-order valence-electron chi connectivity index (χ1n) is 4.47. The molecule has 15 heavy (non-hydrogen) atoms. The molecule has 2 aromatic rings. The second-order valence-corrected chi connectivity index (χ2v) is 4.78. The highest BCUT2D eigenvalue weighted by Gasteiger charge is 2.13. The monoisotopic (exact) mass is 288 g/mol. The molecule has 0 aliphatic rings. The number of hydrogen-bond donors (Lipinski definition) is 0. The molecular formula is C9H9BrN2O2S. The Bertz CT molecular complexity index is 638. The van der Waals surface area contributed by atoms with E-state index in [9.17, 15) is 9.59 Å². The lowest BCUT2D eigenvalue weighted by Gasteiger charge is -2.04. The third-order valence-corrected chi connectivity index (χ3v) is 4.28. The van der Waals surface area contributed by atoms with E-state index in [0.717, 1.165) is 5.56 Å². The first kappa shape index (κ1) is 10.6. The standard InChI is InChI=1S/C9H9BrN2O2S/c1-3-11-7(13)6-5(2)4-15-8(6)12(10)9(11)14/h4H,3H2,1-2H3. The van der Waals surface area contributed by atoms with Gasteiger partial charge in [0.2, 0.25) is 0 Å². The van der Waals surface area contributed by atoms with Crippen molar-refractivity contribution in [3.05, 3.63) is 31.8 Å². The van der Waals surface area contributed by atoms with Crippen LogP contribution >= 0.6 is 27.5 Å². The number of aryl methyl sites for hydroxylation is 1. The zero-order valence-corrected chi connectivity index (χ0v) is 10.7. The van der Waals surface area contributed by atoms with Gasteiger partial charge in [0.25, 0.3) is 5.56 Å². The molecule has 0 aliphatic carbocycles. The second-order valence-electron chi connectivity index (χ2n) is 3.21. The molecule has 0 radical (unpaired) electrons. The van der Waals surface area contributed by atoms with E-state index < -0.39 is 0 Å². The van der Waals surface area contributed by atoms with E-state index in [1.54, 1.807) is 6.92 Å². The normalized spacial score (nSPS) is 11.1. The fraction of sp³-hybridized carbons (Fsp3) is 0.333. The van der Waals surface area contributed by atoms with Crippen molar-refractivity contribution in [1.29, 1.82) is 0 Å². The molecule has 0 aromatic carbocycles. The zero-order valence-electron chi connectivity index (χ0n) is 8.28. The van der Waals surface area contributed by atoms with Gasteiger partial charge in [0.15, 0.2) is 0 Å². The van der Waals surface area contributed by atoms with E-state index in [1.807, 2.05) is 12.3 Å². The lowest BCUT2D eigenvalue weighted by atomic mass is 10.3. The molecule has 0 saturated heterocycles. The molecule has 0 fully saturated rings. The van der Waals surface area contributed by atoms with Crippen LogP contribution in [0.15, 0.2) is 15.0 Å². The van der Waals surface area contributed by atoms with Crippen LogP contribution in [0.5, 0.6) is 0 Å². The fourth-order valence-electron chi connectivity index (χ4n) is 1.53. The van der Waals surface area contributed by atoms with Gasteiger partial charge in [-0.15, -0.1) is 11.3 Å². The molecule has 0 atom stereocenters. The lowest BCUT2D eigenvalue weighted by Crippen LogP contribution is -2.36. The van der Waals surface area contributed by atoms with Crippen molar-refractivity contribution in [2.24, 2.45) is 0 Å². The molecule has 0 unspecified atom stereocenters. The van der Waals surface area contributed by atoms with Gasteiger partial charge in [0.1, 0.15) is 4.83 Å².